The first-order chi connectivity index (χ1) is 33.0. The van der Waals surface area contributed by atoms with Crippen LogP contribution < -0.4 is 0 Å². The summed E-state index contributed by atoms with van der Waals surface area (Å²) in [6.45, 7) is 6.35. The fourth-order valence-corrected chi connectivity index (χ4v) is 7.49. The average molecular weight is 931 g/mol. The van der Waals surface area contributed by atoms with Gasteiger partial charge in [0.2, 0.25) is 0 Å². The Bertz CT molecular complexity index is 1350. The lowest BCUT2D eigenvalue weighted by molar-refractivity contribution is -0.167. The normalized spacial score (nSPS) is 12.8. The summed E-state index contributed by atoms with van der Waals surface area (Å²) in [5.74, 6) is -0.996. The number of carbonyl (C=O) groups is 3. The van der Waals surface area contributed by atoms with Crippen LogP contribution in [0.1, 0.15) is 252 Å². The Morgan fingerprint density at radius 2 is 0.597 bits per heavy atom. The van der Waals surface area contributed by atoms with Gasteiger partial charge in [0.15, 0.2) is 6.10 Å². The van der Waals surface area contributed by atoms with Crippen LogP contribution in [0.25, 0.3) is 0 Å². The topological polar surface area (TPSA) is 78.9 Å². The molecule has 0 aliphatic rings. The molecule has 0 spiro atoms. The maximum absolute atomic E-state index is 12.8. The Balaban J connectivity index is 4.46. The summed E-state index contributed by atoms with van der Waals surface area (Å²) in [5, 5.41) is 0. The number of esters is 3. The molecule has 0 heterocycles. The molecule has 0 fully saturated rings. The van der Waals surface area contributed by atoms with E-state index in [1.54, 1.807) is 0 Å². The lowest BCUT2D eigenvalue weighted by Gasteiger charge is -2.18. The van der Waals surface area contributed by atoms with Gasteiger partial charge in [0.05, 0.1) is 0 Å². The minimum Gasteiger partial charge on any atom is -0.462 e. The van der Waals surface area contributed by atoms with Crippen LogP contribution in [0, 0.1) is 0 Å². The average Bonchev–Trinajstić information content (AvgIpc) is 3.33. The van der Waals surface area contributed by atoms with Crippen molar-refractivity contribution in [3.63, 3.8) is 0 Å². The van der Waals surface area contributed by atoms with E-state index in [4.69, 9.17) is 14.2 Å². The number of rotatable bonds is 49. The van der Waals surface area contributed by atoms with Crippen LogP contribution in [0.4, 0.5) is 0 Å². The van der Waals surface area contributed by atoms with Gasteiger partial charge in [0.25, 0.3) is 0 Å². The third kappa shape index (κ3) is 53.2. The molecule has 6 nitrogen and oxygen atoms in total. The van der Waals surface area contributed by atoms with Crippen molar-refractivity contribution in [1.29, 1.82) is 0 Å². The van der Waals surface area contributed by atoms with E-state index >= 15 is 0 Å². The summed E-state index contributed by atoms with van der Waals surface area (Å²) < 4.78 is 16.8. The summed E-state index contributed by atoms with van der Waals surface area (Å²) in [7, 11) is 0. The van der Waals surface area contributed by atoms with E-state index in [9.17, 15) is 14.4 Å². The van der Waals surface area contributed by atoms with Crippen molar-refractivity contribution in [3.05, 3.63) is 97.2 Å². The highest BCUT2D eigenvalue weighted by atomic mass is 16.6. The van der Waals surface area contributed by atoms with Gasteiger partial charge in [-0.25, -0.2) is 0 Å². The highest BCUT2D eigenvalue weighted by Crippen LogP contribution is 2.16. The molecular formula is C61H102O6. The Hall–Kier alpha value is -3.67. The van der Waals surface area contributed by atoms with Gasteiger partial charge in [0, 0.05) is 19.3 Å². The van der Waals surface area contributed by atoms with Crippen molar-refractivity contribution >= 4 is 17.9 Å². The van der Waals surface area contributed by atoms with E-state index in [-0.39, 0.29) is 37.5 Å². The van der Waals surface area contributed by atoms with Crippen molar-refractivity contribution in [1.82, 2.24) is 0 Å². The first-order valence-corrected chi connectivity index (χ1v) is 27.7. The molecule has 1 unspecified atom stereocenters. The lowest BCUT2D eigenvalue weighted by Crippen LogP contribution is -2.30. The smallest absolute Gasteiger partial charge is 0.306 e. The molecule has 0 N–H and O–H groups in total. The molecule has 1 atom stereocenters. The van der Waals surface area contributed by atoms with Crippen molar-refractivity contribution in [2.45, 2.75) is 258 Å². The van der Waals surface area contributed by atoms with E-state index in [1.165, 1.54) is 103 Å². The highest BCUT2D eigenvalue weighted by molar-refractivity contribution is 5.71. The molecule has 67 heavy (non-hydrogen) atoms. The minimum atomic E-state index is -0.818. The zero-order valence-corrected chi connectivity index (χ0v) is 43.6. The summed E-state index contributed by atoms with van der Waals surface area (Å²) in [6, 6.07) is 0. The second-order valence-corrected chi connectivity index (χ2v) is 18.1. The van der Waals surface area contributed by atoms with Gasteiger partial charge in [-0.05, 0) is 89.9 Å². The summed E-state index contributed by atoms with van der Waals surface area (Å²) in [6.07, 6.45) is 72.7. The van der Waals surface area contributed by atoms with Gasteiger partial charge in [0.1, 0.15) is 13.2 Å². The molecule has 382 valence electrons. The number of carbonyl (C=O) groups excluding carboxylic acids is 3. The summed E-state index contributed by atoms with van der Waals surface area (Å²) in [5.41, 5.74) is 0. The quantitative estimate of drug-likeness (QED) is 0.0262. The van der Waals surface area contributed by atoms with E-state index < -0.39 is 6.10 Å². The van der Waals surface area contributed by atoms with Crippen LogP contribution >= 0.6 is 0 Å². The van der Waals surface area contributed by atoms with Gasteiger partial charge in [-0.2, -0.15) is 0 Å². The molecule has 0 rings (SSSR count). The minimum absolute atomic E-state index is 0.108. The van der Waals surface area contributed by atoms with Gasteiger partial charge >= 0.3 is 17.9 Å². The Morgan fingerprint density at radius 1 is 0.313 bits per heavy atom. The fraction of sp³-hybridized carbons (Fsp3) is 0.689. The SMILES string of the molecule is CC/C=C\C/C=C\C/C=C\C/C=C\C/C=C\CCCC(=O)OC(COC(=O)CCCCC/C=C\C/C=C\C/C=C\CC)COC(=O)CCCCCCCCCCCCCCCCCCCCC. The Labute approximate surface area is 413 Å². The van der Waals surface area contributed by atoms with Crippen molar-refractivity contribution in [2.75, 3.05) is 13.2 Å². The molecule has 0 amide bonds. The van der Waals surface area contributed by atoms with E-state index in [1.807, 2.05) is 0 Å². The monoisotopic (exact) mass is 931 g/mol. The van der Waals surface area contributed by atoms with Crippen LogP contribution in [0.2, 0.25) is 0 Å². The van der Waals surface area contributed by atoms with E-state index in [2.05, 4.69) is 118 Å². The third-order valence-corrected chi connectivity index (χ3v) is 11.6. The molecule has 0 aliphatic carbocycles. The molecule has 0 saturated heterocycles. The van der Waals surface area contributed by atoms with Crippen molar-refractivity contribution < 1.29 is 28.6 Å². The predicted octanol–water partition coefficient (Wildman–Crippen LogP) is 18.5. The largest absolute Gasteiger partial charge is 0.462 e. The number of ether oxygens (including phenoxy) is 3. The first kappa shape index (κ1) is 63.3. The van der Waals surface area contributed by atoms with E-state index in [0.29, 0.717) is 19.3 Å². The first-order valence-electron chi connectivity index (χ1n) is 27.7. The summed E-state index contributed by atoms with van der Waals surface area (Å²) in [4.78, 5) is 38.1. The maximum atomic E-state index is 12.8. The number of hydrogen-bond donors (Lipinski definition) is 0. The highest BCUT2D eigenvalue weighted by Gasteiger charge is 2.19. The Morgan fingerprint density at radius 3 is 0.955 bits per heavy atom. The van der Waals surface area contributed by atoms with E-state index in [0.717, 1.165) is 103 Å². The molecule has 0 aromatic heterocycles. The molecule has 0 aromatic carbocycles. The number of allylic oxidation sites excluding steroid dienone is 16. The van der Waals surface area contributed by atoms with Crippen molar-refractivity contribution in [3.8, 4) is 0 Å². The van der Waals surface area contributed by atoms with Gasteiger partial charge in [-0.1, -0.05) is 240 Å². The molecule has 0 bridgehead atoms. The number of unbranched alkanes of at least 4 members (excludes halogenated alkanes) is 22. The van der Waals surface area contributed by atoms with Crippen molar-refractivity contribution in [2.24, 2.45) is 0 Å². The molecule has 6 heteroatoms. The van der Waals surface area contributed by atoms with Gasteiger partial charge in [-0.3, -0.25) is 14.4 Å². The second kappa shape index (κ2) is 54.9. The zero-order chi connectivity index (χ0) is 48.6. The molecule has 0 saturated carbocycles. The van der Waals surface area contributed by atoms with Crippen LogP contribution in [-0.2, 0) is 28.6 Å². The van der Waals surface area contributed by atoms with Crippen LogP contribution in [-0.4, -0.2) is 37.2 Å². The molecule has 0 aliphatic heterocycles. The van der Waals surface area contributed by atoms with Crippen LogP contribution in [0.5, 0.6) is 0 Å². The lowest BCUT2D eigenvalue weighted by atomic mass is 10.0. The molecular weight excluding hydrogens is 829 g/mol. The second-order valence-electron chi connectivity index (χ2n) is 18.1. The van der Waals surface area contributed by atoms with Gasteiger partial charge in [-0.15, -0.1) is 0 Å². The molecule has 0 radical (unpaired) electrons. The van der Waals surface area contributed by atoms with Crippen LogP contribution in [0.15, 0.2) is 97.2 Å². The number of hydrogen-bond acceptors (Lipinski definition) is 6. The standard InChI is InChI=1S/C61H102O6/c1-4-7-10-13-16-19-22-25-27-29-30-32-33-36-39-42-45-48-51-54-60(63)66-57-58(56-65-59(62)53-50-47-44-41-38-35-24-21-18-15-12-9-6-3)67-61(64)55-52-49-46-43-40-37-34-31-28-26-23-20-17-14-11-8-5-2/h8-9,11-12,17-18,20-21,26,28,34-35,37-38,43,46,58H,4-7,10,13-16,19,22-25,27,29-33,36,39-42,44-45,47-57H2,1-3H3/b11-8-,12-9-,20-17-,21-18-,28-26-,37-34-,38-35-,46-43-. The molecule has 0 aromatic rings. The predicted molar refractivity (Wildman–Crippen MR) is 288 cm³/mol. The Kier molecular flexibility index (Phi) is 51.9. The maximum Gasteiger partial charge on any atom is 0.306 e. The summed E-state index contributed by atoms with van der Waals surface area (Å²) >= 11 is 0. The fourth-order valence-electron chi connectivity index (χ4n) is 7.49. The zero-order valence-electron chi connectivity index (χ0n) is 43.6. The third-order valence-electron chi connectivity index (χ3n) is 11.6. The van der Waals surface area contributed by atoms with Crippen LogP contribution in [0.3, 0.4) is 0 Å². The van der Waals surface area contributed by atoms with Gasteiger partial charge < -0.3 is 14.2 Å².